The fourth-order valence-corrected chi connectivity index (χ4v) is 1.62. The smallest absolute Gasteiger partial charge is 0.0554 e. The molecule has 0 saturated carbocycles. The molecule has 0 radical (unpaired) electrons. The van der Waals surface area contributed by atoms with E-state index < -0.39 is 0 Å². The molecule has 0 unspecified atom stereocenters. The van der Waals surface area contributed by atoms with Gasteiger partial charge in [0, 0.05) is 12.0 Å². The first kappa shape index (κ1) is 11.0. The van der Waals surface area contributed by atoms with Crippen molar-refractivity contribution in [1.29, 1.82) is 0 Å². The molecule has 0 amide bonds. The molecule has 1 saturated heterocycles. The van der Waals surface area contributed by atoms with E-state index in [1.807, 2.05) is 0 Å². The van der Waals surface area contributed by atoms with Gasteiger partial charge in [-0.05, 0) is 13.0 Å². The molecule has 0 bridgehead atoms. The molecule has 13 heavy (non-hydrogen) atoms. The minimum Gasteiger partial charge on any atom is -0.380 e. The topological polar surface area (TPSA) is 21.3 Å². The summed E-state index contributed by atoms with van der Waals surface area (Å²) in [5, 5.41) is 3.51. The second-order valence-corrected chi connectivity index (χ2v) is 4.54. The van der Waals surface area contributed by atoms with Crippen molar-refractivity contribution >= 4 is 0 Å². The molecule has 1 rings (SSSR count). The van der Waals surface area contributed by atoms with Crippen molar-refractivity contribution in [1.82, 2.24) is 5.32 Å². The minimum absolute atomic E-state index is 0.435. The summed E-state index contributed by atoms with van der Waals surface area (Å²) in [6.07, 6.45) is 5.40. The van der Waals surface area contributed by atoms with Crippen LogP contribution in [0.25, 0.3) is 0 Å². The summed E-state index contributed by atoms with van der Waals surface area (Å²) in [5.74, 6) is 0. The zero-order valence-electron chi connectivity index (χ0n) is 9.07. The van der Waals surface area contributed by atoms with Crippen molar-refractivity contribution in [2.75, 3.05) is 26.3 Å². The van der Waals surface area contributed by atoms with Crippen molar-refractivity contribution in [3.8, 4) is 0 Å². The van der Waals surface area contributed by atoms with Crippen LogP contribution in [0.15, 0.2) is 0 Å². The van der Waals surface area contributed by atoms with Gasteiger partial charge in [-0.15, -0.1) is 0 Å². The Morgan fingerprint density at radius 2 is 2.00 bits per heavy atom. The number of hydrogen-bond donors (Lipinski definition) is 1. The predicted molar refractivity (Wildman–Crippen MR) is 55.9 cm³/mol. The van der Waals surface area contributed by atoms with Gasteiger partial charge < -0.3 is 10.1 Å². The van der Waals surface area contributed by atoms with E-state index in [1.54, 1.807) is 0 Å². The van der Waals surface area contributed by atoms with Gasteiger partial charge in [-0.3, -0.25) is 0 Å². The van der Waals surface area contributed by atoms with Crippen molar-refractivity contribution in [2.24, 2.45) is 5.41 Å². The van der Waals surface area contributed by atoms with E-state index in [0.29, 0.717) is 5.41 Å². The lowest BCUT2D eigenvalue weighted by molar-refractivity contribution is -0.0989. The van der Waals surface area contributed by atoms with Gasteiger partial charge in [0.05, 0.1) is 13.2 Å². The Morgan fingerprint density at radius 3 is 2.54 bits per heavy atom. The van der Waals surface area contributed by atoms with Gasteiger partial charge in [0.2, 0.25) is 0 Å². The second kappa shape index (κ2) is 5.61. The highest BCUT2D eigenvalue weighted by Crippen LogP contribution is 2.24. The Hall–Kier alpha value is -0.0800. The van der Waals surface area contributed by atoms with E-state index in [4.69, 9.17) is 4.74 Å². The third-order valence-electron chi connectivity index (χ3n) is 2.66. The molecule has 1 fully saturated rings. The Labute approximate surface area is 82.0 Å². The lowest BCUT2D eigenvalue weighted by Gasteiger charge is -2.38. The lowest BCUT2D eigenvalue weighted by Crippen LogP contribution is -2.47. The number of nitrogens with one attached hydrogen (secondary N) is 1. The van der Waals surface area contributed by atoms with Crippen LogP contribution in [0.5, 0.6) is 0 Å². The Bertz CT molecular complexity index is 132. The highest BCUT2D eigenvalue weighted by atomic mass is 16.5. The maximum absolute atomic E-state index is 5.19. The molecule has 2 nitrogen and oxygen atoms in total. The van der Waals surface area contributed by atoms with Gasteiger partial charge in [0.25, 0.3) is 0 Å². The summed E-state index contributed by atoms with van der Waals surface area (Å²) in [5.41, 5.74) is 0.435. The van der Waals surface area contributed by atoms with E-state index >= 15 is 0 Å². The Morgan fingerprint density at radius 1 is 1.23 bits per heavy atom. The largest absolute Gasteiger partial charge is 0.380 e. The fraction of sp³-hybridized carbons (Fsp3) is 1.00. The summed E-state index contributed by atoms with van der Waals surface area (Å²) < 4.78 is 5.19. The van der Waals surface area contributed by atoms with E-state index in [0.717, 1.165) is 19.8 Å². The molecule has 0 aromatic rings. The lowest BCUT2D eigenvalue weighted by atomic mass is 9.89. The molecular weight excluding hydrogens is 162 g/mol. The summed E-state index contributed by atoms with van der Waals surface area (Å²) in [7, 11) is 0. The van der Waals surface area contributed by atoms with Crippen molar-refractivity contribution in [3.05, 3.63) is 0 Å². The minimum atomic E-state index is 0.435. The maximum atomic E-state index is 5.19. The maximum Gasteiger partial charge on any atom is 0.0554 e. The van der Waals surface area contributed by atoms with Gasteiger partial charge in [0.15, 0.2) is 0 Å². The average Bonchev–Trinajstić information content (AvgIpc) is 2.08. The molecule has 78 valence electrons. The molecule has 1 aliphatic heterocycles. The molecule has 1 aliphatic rings. The summed E-state index contributed by atoms with van der Waals surface area (Å²) >= 11 is 0. The first-order valence-electron chi connectivity index (χ1n) is 5.55. The SMILES string of the molecule is CCCCCCNCC1(C)COC1. The zero-order chi connectivity index (χ0) is 9.57. The predicted octanol–water partition coefficient (Wildman–Crippen LogP) is 2.19. The quantitative estimate of drug-likeness (QED) is 0.614. The van der Waals surface area contributed by atoms with Gasteiger partial charge in [-0.2, -0.15) is 0 Å². The van der Waals surface area contributed by atoms with Gasteiger partial charge >= 0.3 is 0 Å². The van der Waals surface area contributed by atoms with Crippen LogP contribution < -0.4 is 5.32 Å². The first-order chi connectivity index (χ1) is 6.27. The van der Waals surface area contributed by atoms with E-state index in [9.17, 15) is 0 Å². The van der Waals surface area contributed by atoms with E-state index in [2.05, 4.69) is 19.2 Å². The molecule has 2 heteroatoms. The van der Waals surface area contributed by atoms with Gasteiger partial charge in [0.1, 0.15) is 0 Å². The molecule has 0 aromatic heterocycles. The molecule has 1 N–H and O–H groups in total. The summed E-state index contributed by atoms with van der Waals surface area (Å²) in [4.78, 5) is 0. The van der Waals surface area contributed by atoms with Gasteiger partial charge in [-0.25, -0.2) is 0 Å². The van der Waals surface area contributed by atoms with Crippen molar-refractivity contribution < 1.29 is 4.74 Å². The van der Waals surface area contributed by atoms with Crippen LogP contribution in [0.2, 0.25) is 0 Å². The number of hydrogen-bond acceptors (Lipinski definition) is 2. The zero-order valence-corrected chi connectivity index (χ0v) is 9.07. The van der Waals surface area contributed by atoms with Crippen LogP contribution in [0.1, 0.15) is 39.5 Å². The van der Waals surface area contributed by atoms with Crippen molar-refractivity contribution in [3.63, 3.8) is 0 Å². The second-order valence-electron chi connectivity index (χ2n) is 4.54. The first-order valence-corrected chi connectivity index (χ1v) is 5.55. The molecule has 0 aromatic carbocycles. The van der Waals surface area contributed by atoms with Crippen LogP contribution in [0.3, 0.4) is 0 Å². The van der Waals surface area contributed by atoms with Crippen molar-refractivity contribution in [2.45, 2.75) is 39.5 Å². The molecule has 0 atom stereocenters. The molecular formula is C11H23NO. The summed E-state index contributed by atoms with van der Waals surface area (Å²) in [6, 6.07) is 0. The monoisotopic (exact) mass is 185 g/mol. The van der Waals surface area contributed by atoms with E-state index in [-0.39, 0.29) is 0 Å². The highest BCUT2D eigenvalue weighted by molar-refractivity contribution is 4.82. The number of ether oxygens (including phenoxy) is 1. The molecule has 1 heterocycles. The standard InChI is InChI=1S/C11H23NO/c1-3-4-5-6-7-12-8-11(2)9-13-10-11/h12H,3-10H2,1-2H3. The van der Waals surface area contributed by atoms with Crippen LogP contribution in [-0.2, 0) is 4.74 Å². The number of rotatable bonds is 7. The molecule has 0 aliphatic carbocycles. The van der Waals surface area contributed by atoms with Crippen LogP contribution in [-0.4, -0.2) is 26.3 Å². The Kier molecular flexibility index (Phi) is 4.74. The van der Waals surface area contributed by atoms with Crippen LogP contribution >= 0.6 is 0 Å². The highest BCUT2D eigenvalue weighted by Gasteiger charge is 2.32. The van der Waals surface area contributed by atoms with E-state index in [1.165, 1.54) is 32.2 Å². The average molecular weight is 185 g/mol. The van der Waals surface area contributed by atoms with Crippen LogP contribution in [0.4, 0.5) is 0 Å². The molecule has 0 spiro atoms. The number of unbranched alkanes of at least 4 members (excludes halogenated alkanes) is 3. The van der Waals surface area contributed by atoms with Gasteiger partial charge in [-0.1, -0.05) is 33.1 Å². The third kappa shape index (κ3) is 4.10. The summed E-state index contributed by atoms with van der Waals surface area (Å²) in [6.45, 7) is 8.72. The third-order valence-corrected chi connectivity index (χ3v) is 2.66. The Balaban J connectivity index is 1.83. The normalized spacial score (nSPS) is 19.8. The fourth-order valence-electron chi connectivity index (χ4n) is 1.62. The van der Waals surface area contributed by atoms with Crippen LogP contribution in [0, 0.1) is 5.41 Å².